The number of benzene rings is 1. The van der Waals surface area contributed by atoms with Crippen LogP contribution in [-0.4, -0.2) is 32.2 Å². The molecule has 1 aromatic heterocycles. The Hall–Kier alpha value is -3.16. The number of aliphatic carboxylic acids is 1. The molecule has 0 bridgehead atoms. The number of hydrogen-bond acceptors (Lipinski definition) is 4. The number of amides is 1. The van der Waals surface area contributed by atoms with E-state index in [1.54, 1.807) is 14.0 Å². The van der Waals surface area contributed by atoms with Gasteiger partial charge in [-0.25, -0.2) is 9.59 Å². The minimum atomic E-state index is -1.03. The summed E-state index contributed by atoms with van der Waals surface area (Å²) in [6, 6.07) is 6.41. The highest BCUT2D eigenvalue weighted by molar-refractivity contribution is 5.87. The third-order valence-electron chi connectivity index (χ3n) is 10.3. The standard InChI is InChI=1S/C35H53N3O5/c1-23-27(28(39)38(10)31(43)37(23)9)25-16-13-24(14-17-25)15-18-26(29(40)41)36-30(42)35(19-11-12-20-35)22-33(5,6)21-34(7,8)32(2,3)4/h13-14,16-17,26H,11-12,15,18-22H2,1-10H3,(H,36,42)(H,40,41)/t26-/m0/s1. The number of nitrogens with one attached hydrogen (secondary N) is 1. The number of nitrogens with zero attached hydrogens (tertiary/aromatic N) is 2. The Morgan fingerprint density at radius 2 is 1.51 bits per heavy atom. The summed E-state index contributed by atoms with van der Waals surface area (Å²) in [5, 5.41) is 13.0. The molecule has 0 radical (unpaired) electrons. The van der Waals surface area contributed by atoms with Crippen molar-refractivity contribution in [2.45, 2.75) is 113 Å². The molecule has 1 amide bonds. The molecule has 1 heterocycles. The fourth-order valence-corrected chi connectivity index (χ4v) is 6.97. The van der Waals surface area contributed by atoms with Gasteiger partial charge in [0, 0.05) is 25.2 Å². The largest absolute Gasteiger partial charge is 0.480 e. The molecule has 2 aromatic rings. The molecule has 8 nitrogen and oxygen atoms in total. The molecule has 43 heavy (non-hydrogen) atoms. The van der Waals surface area contributed by atoms with Crippen LogP contribution in [-0.2, 0) is 30.1 Å². The molecule has 0 saturated heterocycles. The molecule has 3 rings (SSSR count). The molecule has 0 unspecified atom stereocenters. The molecule has 1 saturated carbocycles. The van der Waals surface area contributed by atoms with Crippen LogP contribution < -0.4 is 16.6 Å². The van der Waals surface area contributed by atoms with Crippen LogP contribution in [0.25, 0.3) is 11.1 Å². The van der Waals surface area contributed by atoms with E-state index in [4.69, 9.17) is 0 Å². The van der Waals surface area contributed by atoms with Crippen LogP contribution in [0.4, 0.5) is 0 Å². The van der Waals surface area contributed by atoms with Gasteiger partial charge in [0.2, 0.25) is 5.91 Å². The summed E-state index contributed by atoms with van der Waals surface area (Å²) in [6.07, 6.45) is 5.97. The van der Waals surface area contributed by atoms with Crippen LogP contribution in [0.1, 0.15) is 105 Å². The van der Waals surface area contributed by atoms with Gasteiger partial charge >= 0.3 is 11.7 Å². The van der Waals surface area contributed by atoms with Crippen LogP contribution in [0.2, 0.25) is 0 Å². The van der Waals surface area contributed by atoms with Crippen molar-refractivity contribution in [1.82, 2.24) is 14.5 Å². The predicted molar refractivity (Wildman–Crippen MR) is 172 cm³/mol. The van der Waals surface area contributed by atoms with E-state index < -0.39 is 17.4 Å². The monoisotopic (exact) mass is 595 g/mol. The Morgan fingerprint density at radius 3 is 2.02 bits per heavy atom. The average Bonchev–Trinajstić information content (AvgIpc) is 3.37. The lowest BCUT2D eigenvalue weighted by Crippen LogP contribution is -2.49. The van der Waals surface area contributed by atoms with Crippen molar-refractivity contribution < 1.29 is 14.7 Å². The third kappa shape index (κ3) is 7.50. The predicted octanol–water partition coefficient (Wildman–Crippen LogP) is 6.00. The molecule has 1 aliphatic carbocycles. The molecule has 0 spiro atoms. The maximum atomic E-state index is 13.8. The molecule has 238 valence electrons. The Kier molecular flexibility index (Phi) is 9.94. The van der Waals surface area contributed by atoms with Gasteiger partial charge in [0.1, 0.15) is 6.04 Å². The van der Waals surface area contributed by atoms with Crippen LogP contribution in [0.5, 0.6) is 0 Å². The van der Waals surface area contributed by atoms with Gasteiger partial charge in [0.25, 0.3) is 5.56 Å². The minimum Gasteiger partial charge on any atom is -0.480 e. The fraction of sp³-hybridized carbons (Fsp3) is 0.657. The van der Waals surface area contributed by atoms with Crippen molar-refractivity contribution in [3.63, 3.8) is 0 Å². The lowest BCUT2D eigenvalue weighted by atomic mass is 9.59. The molecular formula is C35H53N3O5. The number of carboxylic acids is 1. The Balaban J connectivity index is 1.74. The van der Waals surface area contributed by atoms with Crippen molar-refractivity contribution >= 4 is 11.9 Å². The first-order valence-corrected chi connectivity index (χ1v) is 15.6. The lowest BCUT2D eigenvalue weighted by Gasteiger charge is -2.46. The Labute approximate surface area is 256 Å². The Morgan fingerprint density at radius 1 is 0.953 bits per heavy atom. The Bertz CT molecular complexity index is 1450. The maximum Gasteiger partial charge on any atom is 0.330 e. The van der Waals surface area contributed by atoms with Crippen LogP contribution in [0.3, 0.4) is 0 Å². The van der Waals surface area contributed by atoms with Gasteiger partial charge in [-0.15, -0.1) is 0 Å². The molecule has 2 N–H and O–H groups in total. The van der Waals surface area contributed by atoms with E-state index in [9.17, 15) is 24.3 Å². The van der Waals surface area contributed by atoms with E-state index in [0.717, 1.165) is 48.7 Å². The molecule has 8 heteroatoms. The summed E-state index contributed by atoms with van der Waals surface area (Å²) in [5.74, 6) is -1.16. The van der Waals surface area contributed by atoms with Crippen molar-refractivity contribution in [1.29, 1.82) is 0 Å². The van der Waals surface area contributed by atoms with Crippen molar-refractivity contribution in [2.24, 2.45) is 35.8 Å². The van der Waals surface area contributed by atoms with Gasteiger partial charge < -0.3 is 15.0 Å². The quantitative estimate of drug-likeness (QED) is 0.331. The van der Waals surface area contributed by atoms with Gasteiger partial charge in [-0.1, -0.05) is 85.6 Å². The van der Waals surface area contributed by atoms with Gasteiger partial charge in [0.15, 0.2) is 0 Å². The first kappa shape index (κ1) is 34.3. The second-order valence-electron chi connectivity index (χ2n) is 15.4. The van der Waals surface area contributed by atoms with Crippen LogP contribution >= 0.6 is 0 Å². The van der Waals surface area contributed by atoms with Gasteiger partial charge in [-0.05, 0) is 72.8 Å². The van der Waals surface area contributed by atoms with E-state index in [2.05, 4.69) is 53.8 Å². The number of hydrogen-bond donors (Lipinski definition) is 2. The van der Waals surface area contributed by atoms with E-state index >= 15 is 0 Å². The first-order valence-electron chi connectivity index (χ1n) is 15.6. The highest BCUT2D eigenvalue weighted by Gasteiger charge is 2.47. The number of carbonyl (C=O) groups excluding carboxylic acids is 1. The number of rotatable bonds is 11. The molecule has 1 aromatic carbocycles. The number of carbonyl (C=O) groups is 2. The average molecular weight is 596 g/mol. The van der Waals surface area contributed by atoms with Gasteiger partial charge in [0.05, 0.1) is 5.56 Å². The van der Waals surface area contributed by atoms with Gasteiger partial charge in [-0.2, -0.15) is 0 Å². The van der Waals surface area contributed by atoms with E-state index in [-0.39, 0.29) is 39.8 Å². The zero-order chi connectivity index (χ0) is 32.5. The number of aryl methyl sites for hydroxylation is 1. The maximum absolute atomic E-state index is 13.8. The minimum absolute atomic E-state index is 0.0781. The normalized spacial score (nSPS) is 16.2. The van der Waals surface area contributed by atoms with Crippen LogP contribution in [0, 0.1) is 28.6 Å². The van der Waals surface area contributed by atoms with Crippen molar-refractivity contribution in [3.05, 3.63) is 56.4 Å². The first-order chi connectivity index (χ1) is 19.7. The summed E-state index contributed by atoms with van der Waals surface area (Å²) >= 11 is 0. The smallest absolute Gasteiger partial charge is 0.330 e. The topological polar surface area (TPSA) is 110 Å². The second kappa shape index (κ2) is 12.4. The molecule has 1 fully saturated rings. The van der Waals surface area contributed by atoms with Crippen molar-refractivity contribution in [3.8, 4) is 11.1 Å². The zero-order valence-corrected chi connectivity index (χ0v) is 28.0. The molecule has 1 atom stereocenters. The summed E-state index contributed by atoms with van der Waals surface area (Å²) in [5.41, 5.74) is 1.49. The third-order valence-corrected chi connectivity index (χ3v) is 10.3. The fourth-order valence-electron chi connectivity index (χ4n) is 6.97. The molecule has 0 aliphatic heterocycles. The number of carboxylic acid groups (broad SMARTS) is 1. The summed E-state index contributed by atoms with van der Waals surface area (Å²) in [7, 11) is 3.10. The SMILES string of the molecule is Cc1c(-c2ccc(CC[C@H](NC(=O)C3(CC(C)(C)CC(C)(C)C(C)(C)C)CCCC3)C(=O)O)cc2)c(=O)n(C)c(=O)n1C. The summed E-state index contributed by atoms with van der Waals surface area (Å²) < 4.78 is 2.55. The zero-order valence-electron chi connectivity index (χ0n) is 28.0. The van der Waals surface area contributed by atoms with E-state index in [1.807, 2.05) is 24.3 Å². The van der Waals surface area contributed by atoms with Crippen LogP contribution in [0.15, 0.2) is 33.9 Å². The van der Waals surface area contributed by atoms with Gasteiger partial charge in [-0.3, -0.25) is 14.2 Å². The second-order valence-corrected chi connectivity index (χ2v) is 15.4. The summed E-state index contributed by atoms with van der Waals surface area (Å²) in [6.45, 7) is 17.6. The summed E-state index contributed by atoms with van der Waals surface area (Å²) in [4.78, 5) is 51.2. The highest BCUT2D eigenvalue weighted by atomic mass is 16.4. The molecular weight excluding hydrogens is 542 g/mol. The van der Waals surface area contributed by atoms with E-state index in [1.165, 1.54) is 11.6 Å². The molecule has 1 aliphatic rings. The van der Waals surface area contributed by atoms with Crippen molar-refractivity contribution in [2.75, 3.05) is 0 Å². The highest BCUT2D eigenvalue weighted by Crippen LogP contribution is 2.53. The lowest BCUT2D eigenvalue weighted by molar-refractivity contribution is -0.144. The van der Waals surface area contributed by atoms with E-state index in [0.29, 0.717) is 23.2 Å². The number of aromatic nitrogens is 2.